The molecule has 3 heteroatoms. The fourth-order valence-corrected chi connectivity index (χ4v) is 4.61. The Labute approximate surface area is 120 Å². The number of benzene rings is 1. The monoisotopic (exact) mass is 274 g/mol. The van der Waals surface area contributed by atoms with Crippen molar-refractivity contribution in [2.45, 2.75) is 56.7 Å². The molecule has 3 atom stereocenters. The number of hydrogen-bond donors (Lipinski definition) is 1. The second-order valence-electron chi connectivity index (χ2n) is 6.51. The highest BCUT2D eigenvalue weighted by Crippen LogP contribution is 2.41. The Kier molecular flexibility index (Phi) is 3.27. The standard InChI is InChI=1S/C17H23FN2/c18-14-5-1-4-13-12(14)8-9-16(13)20-11-3-7-17(20)15-6-2-10-19-15/h1,4-5,15-17,19H,2-3,6-11H2. The van der Waals surface area contributed by atoms with Crippen LogP contribution >= 0.6 is 0 Å². The predicted octanol–water partition coefficient (Wildman–Crippen LogP) is 3.03. The zero-order valence-electron chi connectivity index (χ0n) is 11.9. The van der Waals surface area contributed by atoms with Gasteiger partial charge in [0, 0.05) is 18.1 Å². The van der Waals surface area contributed by atoms with E-state index in [1.807, 2.05) is 6.07 Å². The highest BCUT2D eigenvalue weighted by molar-refractivity contribution is 5.36. The van der Waals surface area contributed by atoms with Gasteiger partial charge < -0.3 is 5.32 Å². The molecule has 1 aromatic rings. The van der Waals surface area contributed by atoms with Crippen molar-refractivity contribution in [2.75, 3.05) is 13.1 Å². The van der Waals surface area contributed by atoms with Gasteiger partial charge in [-0.3, -0.25) is 4.90 Å². The first kappa shape index (κ1) is 12.8. The molecule has 1 aromatic carbocycles. The number of nitrogens with one attached hydrogen (secondary N) is 1. The molecule has 4 rings (SSSR count). The summed E-state index contributed by atoms with van der Waals surface area (Å²) < 4.78 is 13.9. The molecule has 2 fully saturated rings. The van der Waals surface area contributed by atoms with Gasteiger partial charge in [-0.25, -0.2) is 4.39 Å². The minimum Gasteiger partial charge on any atom is -0.312 e. The lowest BCUT2D eigenvalue weighted by Gasteiger charge is -2.34. The van der Waals surface area contributed by atoms with Crippen molar-refractivity contribution in [3.63, 3.8) is 0 Å². The summed E-state index contributed by atoms with van der Waals surface area (Å²) in [6.45, 7) is 2.36. The second kappa shape index (κ2) is 5.12. The fraction of sp³-hybridized carbons (Fsp3) is 0.647. The smallest absolute Gasteiger partial charge is 0.126 e. The zero-order chi connectivity index (χ0) is 13.5. The Morgan fingerprint density at radius 1 is 1.15 bits per heavy atom. The largest absolute Gasteiger partial charge is 0.312 e. The van der Waals surface area contributed by atoms with Crippen LogP contribution in [0.5, 0.6) is 0 Å². The lowest BCUT2D eigenvalue weighted by Crippen LogP contribution is -2.45. The Morgan fingerprint density at radius 2 is 2.10 bits per heavy atom. The van der Waals surface area contributed by atoms with Crippen molar-refractivity contribution in [3.8, 4) is 0 Å². The lowest BCUT2D eigenvalue weighted by atomic mass is 10.0. The van der Waals surface area contributed by atoms with Gasteiger partial charge >= 0.3 is 0 Å². The van der Waals surface area contributed by atoms with Crippen LogP contribution in [0.25, 0.3) is 0 Å². The van der Waals surface area contributed by atoms with Crippen LogP contribution in [0.15, 0.2) is 18.2 Å². The van der Waals surface area contributed by atoms with E-state index in [0.717, 1.165) is 18.4 Å². The summed E-state index contributed by atoms with van der Waals surface area (Å²) in [4.78, 5) is 2.67. The third kappa shape index (κ3) is 1.99. The number of likely N-dealkylation sites (tertiary alicyclic amines) is 1. The molecule has 0 saturated carbocycles. The second-order valence-corrected chi connectivity index (χ2v) is 6.51. The molecular formula is C17H23FN2. The molecule has 0 aromatic heterocycles. The van der Waals surface area contributed by atoms with E-state index in [9.17, 15) is 4.39 Å². The molecule has 3 unspecified atom stereocenters. The third-order valence-corrected chi connectivity index (χ3v) is 5.49. The van der Waals surface area contributed by atoms with Gasteiger partial charge in [-0.05, 0) is 68.8 Å². The van der Waals surface area contributed by atoms with Gasteiger partial charge in [0.05, 0.1) is 0 Å². The summed E-state index contributed by atoms with van der Waals surface area (Å²) in [6, 6.07) is 7.42. The van der Waals surface area contributed by atoms with E-state index in [2.05, 4.69) is 16.3 Å². The molecule has 0 amide bonds. The highest BCUT2D eigenvalue weighted by Gasteiger charge is 2.39. The first-order valence-electron chi connectivity index (χ1n) is 8.11. The quantitative estimate of drug-likeness (QED) is 0.892. The molecule has 108 valence electrons. The molecule has 0 bridgehead atoms. The summed E-state index contributed by atoms with van der Waals surface area (Å²) in [7, 11) is 0. The maximum atomic E-state index is 13.9. The van der Waals surface area contributed by atoms with Crippen molar-refractivity contribution in [1.29, 1.82) is 0 Å². The van der Waals surface area contributed by atoms with Gasteiger partial charge in [-0.15, -0.1) is 0 Å². The van der Waals surface area contributed by atoms with Gasteiger partial charge in [-0.2, -0.15) is 0 Å². The van der Waals surface area contributed by atoms with Crippen molar-refractivity contribution in [3.05, 3.63) is 35.1 Å². The molecule has 1 aliphatic carbocycles. The van der Waals surface area contributed by atoms with Crippen LogP contribution in [-0.4, -0.2) is 30.1 Å². The van der Waals surface area contributed by atoms with Crippen LogP contribution in [0, 0.1) is 5.82 Å². The number of halogens is 1. The van der Waals surface area contributed by atoms with E-state index in [-0.39, 0.29) is 5.82 Å². The number of rotatable bonds is 2. The lowest BCUT2D eigenvalue weighted by molar-refractivity contribution is 0.152. The molecule has 0 radical (unpaired) electrons. The van der Waals surface area contributed by atoms with Crippen LogP contribution in [0.2, 0.25) is 0 Å². The van der Waals surface area contributed by atoms with E-state index in [1.165, 1.54) is 44.3 Å². The molecule has 2 heterocycles. The Balaban J connectivity index is 1.60. The van der Waals surface area contributed by atoms with Crippen LogP contribution < -0.4 is 5.32 Å². The van der Waals surface area contributed by atoms with Crippen LogP contribution in [0.3, 0.4) is 0 Å². The summed E-state index contributed by atoms with van der Waals surface area (Å²) in [5.74, 6) is -0.000242. The highest BCUT2D eigenvalue weighted by atomic mass is 19.1. The predicted molar refractivity (Wildman–Crippen MR) is 78.2 cm³/mol. The van der Waals surface area contributed by atoms with Gasteiger partial charge in [0.15, 0.2) is 0 Å². The first-order valence-corrected chi connectivity index (χ1v) is 8.11. The van der Waals surface area contributed by atoms with Crippen LogP contribution in [0.4, 0.5) is 4.39 Å². The summed E-state index contributed by atoms with van der Waals surface area (Å²) in [5, 5.41) is 3.67. The molecular weight excluding hydrogens is 251 g/mol. The summed E-state index contributed by atoms with van der Waals surface area (Å²) in [5.41, 5.74) is 2.23. The van der Waals surface area contributed by atoms with E-state index in [0.29, 0.717) is 18.1 Å². The average Bonchev–Trinajstić information content (AvgIpc) is 3.18. The van der Waals surface area contributed by atoms with Crippen molar-refractivity contribution >= 4 is 0 Å². The normalized spacial score (nSPS) is 33.8. The van der Waals surface area contributed by atoms with Crippen molar-refractivity contribution in [1.82, 2.24) is 10.2 Å². The molecule has 2 saturated heterocycles. The molecule has 2 nitrogen and oxygen atoms in total. The topological polar surface area (TPSA) is 15.3 Å². The van der Waals surface area contributed by atoms with Gasteiger partial charge in [0.2, 0.25) is 0 Å². The van der Waals surface area contributed by atoms with Gasteiger partial charge in [0.1, 0.15) is 5.82 Å². The Morgan fingerprint density at radius 3 is 2.95 bits per heavy atom. The third-order valence-electron chi connectivity index (χ3n) is 5.49. The van der Waals surface area contributed by atoms with E-state index in [1.54, 1.807) is 6.07 Å². The molecule has 0 spiro atoms. The number of nitrogens with zero attached hydrogens (tertiary/aromatic N) is 1. The van der Waals surface area contributed by atoms with Crippen molar-refractivity contribution in [2.24, 2.45) is 0 Å². The molecule has 3 aliphatic rings. The van der Waals surface area contributed by atoms with Gasteiger partial charge in [0.25, 0.3) is 0 Å². The van der Waals surface area contributed by atoms with E-state index < -0.39 is 0 Å². The zero-order valence-corrected chi connectivity index (χ0v) is 11.9. The maximum Gasteiger partial charge on any atom is 0.126 e. The van der Waals surface area contributed by atoms with Crippen LogP contribution in [0.1, 0.15) is 49.3 Å². The molecule has 1 N–H and O–H groups in total. The van der Waals surface area contributed by atoms with E-state index in [4.69, 9.17) is 0 Å². The minimum absolute atomic E-state index is 0.000242. The summed E-state index contributed by atoms with van der Waals surface area (Å²) in [6.07, 6.45) is 7.23. The molecule has 2 aliphatic heterocycles. The Bertz CT molecular complexity index is 496. The fourth-order valence-electron chi connectivity index (χ4n) is 4.61. The van der Waals surface area contributed by atoms with Gasteiger partial charge in [-0.1, -0.05) is 12.1 Å². The van der Waals surface area contributed by atoms with Crippen LogP contribution in [-0.2, 0) is 6.42 Å². The number of fused-ring (bicyclic) bond motifs is 1. The van der Waals surface area contributed by atoms with E-state index >= 15 is 0 Å². The molecule has 20 heavy (non-hydrogen) atoms. The minimum atomic E-state index is -0.000242. The first-order chi connectivity index (χ1) is 9.84. The Hall–Kier alpha value is -0.930. The van der Waals surface area contributed by atoms with Crippen molar-refractivity contribution < 1.29 is 4.39 Å². The maximum absolute atomic E-state index is 13.9. The number of hydrogen-bond acceptors (Lipinski definition) is 2. The SMILES string of the molecule is Fc1cccc2c1CCC2N1CCCC1C1CCCN1. The average molecular weight is 274 g/mol. The summed E-state index contributed by atoms with van der Waals surface area (Å²) >= 11 is 0.